The van der Waals surface area contributed by atoms with Gasteiger partial charge in [-0.05, 0) is 37.5 Å². The Labute approximate surface area is 594 Å². The first-order valence-corrected chi connectivity index (χ1v) is 43.5. The molecule has 6 atom stereocenters. The van der Waals surface area contributed by atoms with E-state index >= 15 is 0 Å². The summed E-state index contributed by atoms with van der Waals surface area (Å²) in [6.45, 7) is 9.61. The fourth-order valence-electron chi connectivity index (χ4n) is 12.0. The predicted molar refractivity (Wildman–Crippen MR) is 395 cm³/mol. The molecule has 17 nitrogen and oxygen atoms in total. The third kappa shape index (κ3) is 70.9. The molecule has 0 spiro atoms. The Morgan fingerprint density at radius 3 is 0.784 bits per heavy atom. The zero-order valence-corrected chi connectivity index (χ0v) is 65.2. The largest absolute Gasteiger partial charge is 0.472 e. The van der Waals surface area contributed by atoms with E-state index in [2.05, 4.69) is 41.5 Å². The minimum atomic E-state index is -4.96. The molecule has 0 bridgehead atoms. The second-order valence-electron chi connectivity index (χ2n) is 28.8. The van der Waals surface area contributed by atoms with Gasteiger partial charge in [0.25, 0.3) is 0 Å². The first kappa shape index (κ1) is 95.1. The van der Waals surface area contributed by atoms with Crippen LogP contribution in [-0.2, 0) is 65.4 Å². The van der Waals surface area contributed by atoms with Gasteiger partial charge in [0.2, 0.25) is 0 Å². The number of esters is 4. The summed E-state index contributed by atoms with van der Waals surface area (Å²) in [4.78, 5) is 72.8. The lowest BCUT2D eigenvalue weighted by molar-refractivity contribution is -0.161. The topological polar surface area (TPSA) is 237 Å². The standard InChI is InChI=1S/C78H152O17P2/c1-7-10-12-14-16-18-19-20-21-22-23-24-25-26-27-28-29-38-44-50-56-62-77(82)94-74(67-89-76(81)61-55-49-43-37-33-31-36-41-47-53-59-71(6)9-3)69-93-97(86,87)91-65-72(79)64-90-96(84,85)92-68-73(66-88-75(80)60-54-48-42-34-17-15-13-11-8-2)95-78(83)63-57-51-45-39-32-30-35-40-46-52-58-70(4)5/h70-74,79H,7-69H2,1-6H3,(H,84,85)(H,86,87)/t71?,72-,73+,74+/m0/s1. The van der Waals surface area contributed by atoms with Crippen molar-refractivity contribution in [2.24, 2.45) is 11.8 Å². The van der Waals surface area contributed by atoms with Crippen LogP contribution in [0.1, 0.15) is 408 Å². The lowest BCUT2D eigenvalue weighted by Crippen LogP contribution is -2.30. The number of unbranched alkanes of at least 4 members (excludes halogenated alkanes) is 46. The SMILES string of the molecule is CCCCCCCCCCCCCCCCCCCCCCCC(=O)O[C@H](COC(=O)CCCCCCCCCCCCC(C)CC)COP(=O)(O)OC[C@@H](O)COP(=O)(O)OC[C@@H](COC(=O)CCCCCCCCCCC)OC(=O)CCCCCCCCCCCCC(C)C. The lowest BCUT2D eigenvalue weighted by Gasteiger charge is -2.21. The van der Waals surface area contributed by atoms with E-state index in [0.29, 0.717) is 25.7 Å². The van der Waals surface area contributed by atoms with E-state index in [0.717, 1.165) is 102 Å². The first-order valence-electron chi connectivity index (χ1n) is 40.5. The molecule has 0 aliphatic rings. The van der Waals surface area contributed by atoms with Crippen molar-refractivity contribution in [3.63, 3.8) is 0 Å². The Kier molecular flexibility index (Phi) is 68.4. The molecule has 0 radical (unpaired) electrons. The summed E-state index contributed by atoms with van der Waals surface area (Å²) in [5, 5.41) is 10.6. The number of carbonyl (C=O) groups excluding carboxylic acids is 4. The second kappa shape index (κ2) is 69.8. The van der Waals surface area contributed by atoms with Crippen LogP contribution in [0.25, 0.3) is 0 Å². The maximum atomic E-state index is 13.1. The molecule has 19 heteroatoms. The molecule has 0 aliphatic carbocycles. The minimum Gasteiger partial charge on any atom is -0.462 e. The van der Waals surface area contributed by atoms with Gasteiger partial charge in [-0.2, -0.15) is 0 Å². The molecule has 0 aliphatic heterocycles. The molecule has 3 unspecified atom stereocenters. The van der Waals surface area contributed by atoms with Gasteiger partial charge in [0, 0.05) is 25.7 Å². The predicted octanol–water partition coefficient (Wildman–Crippen LogP) is 23.1. The van der Waals surface area contributed by atoms with E-state index in [4.69, 9.17) is 37.0 Å². The molecular weight excluding hydrogens is 1270 g/mol. The van der Waals surface area contributed by atoms with Crippen molar-refractivity contribution < 1.29 is 80.2 Å². The van der Waals surface area contributed by atoms with Crippen LogP contribution in [0.5, 0.6) is 0 Å². The summed E-state index contributed by atoms with van der Waals surface area (Å²) in [5.41, 5.74) is 0. The number of phosphoric ester groups is 2. The van der Waals surface area contributed by atoms with Crippen molar-refractivity contribution in [3.05, 3.63) is 0 Å². The highest BCUT2D eigenvalue weighted by Crippen LogP contribution is 2.45. The molecule has 0 heterocycles. The Morgan fingerprint density at radius 1 is 0.299 bits per heavy atom. The highest BCUT2D eigenvalue weighted by Gasteiger charge is 2.30. The van der Waals surface area contributed by atoms with Gasteiger partial charge in [0.1, 0.15) is 19.3 Å². The molecule has 0 aromatic heterocycles. The van der Waals surface area contributed by atoms with Crippen LogP contribution in [0.2, 0.25) is 0 Å². The number of hydrogen-bond acceptors (Lipinski definition) is 15. The van der Waals surface area contributed by atoms with E-state index < -0.39 is 97.5 Å². The van der Waals surface area contributed by atoms with Crippen LogP contribution >= 0.6 is 15.6 Å². The van der Waals surface area contributed by atoms with Crippen LogP contribution in [0, 0.1) is 11.8 Å². The lowest BCUT2D eigenvalue weighted by atomic mass is 9.99. The fraction of sp³-hybridized carbons (Fsp3) is 0.949. The Bertz CT molecular complexity index is 1870. The number of aliphatic hydroxyl groups is 1. The highest BCUT2D eigenvalue weighted by molar-refractivity contribution is 7.47. The van der Waals surface area contributed by atoms with Gasteiger partial charge in [0.15, 0.2) is 12.2 Å². The molecule has 0 rings (SSSR count). The zero-order valence-electron chi connectivity index (χ0n) is 63.4. The number of rotatable bonds is 77. The van der Waals surface area contributed by atoms with Crippen molar-refractivity contribution in [1.82, 2.24) is 0 Å². The number of hydrogen-bond donors (Lipinski definition) is 3. The Hall–Kier alpha value is -1.94. The third-order valence-corrected chi connectivity index (χ3v) is 20.5. The summed E-state index contributed by atoms with van der Waals surface area (Å²) >= 11 is 0. The van der Waals surface area contributed by atoms with E-state index in [1.54, 1.807) is 0 Å². The van der Waals surface area contributed by atoms with Gasteiger partial charge < -0.3 is 33.8 Å². The number of phosphoric acid groups is 2. The number of aliphatic hydroxyl groups excluding tert-OH is 1. The molecule has 3 N–H and O–H groups in total. The zero-order chi connectivity index (χ0) is 71.4. The van der Waals surface area contributed by atoms with Gasteiger partial charge in [-0.1, -0.05) is 356 Å². The van der Waals surface area contributed by atoms with Crippen LogP contribution in [0.4, 0.5) is 0 Å². The van der Waals surface area contributed by atoms with Crippen molar-refractivity contribution in [2.45, 2.75) is 426 Å². The van der Waals surface area contributed by atoms with Crippen molar-refractivity contribution in [3.8, 4) is 0 Å². The molecule has 97 heavy (non-hydrogen) atoms. The van der Waals surface area contributed by atoms with Crippen LogP contribution < -0.4 is 0 Å². The van der Waals surface area contributed by atoms with Gasteiger partial charge in [0.05, 0.1) is 26.4 Å². The Balaban J connectivity index is 5.20. The number of ether oxygens (including phenoxy) is 4. The summed E-state index contributed by atoms with van der Waals surface area (Å²) in [6.07, 6.45) is 58.3. The molecule has 0 saturated carbocycles. The number of carbonyl (C=O) groups is 4. The molecule has 0 fully saturated rings. The quantitative estimate of drug-likeness (QED) is 0.0222. The monoisotopic (exact) mass is 1420 g/mol. The Morgan fingerprint density at radius 2 is 0.526 bits per heavy atom. The van der Waals surface area contributed by atoms with Crippen LogP contribution in [0.3, 0.4) is 0 Å². The van der Waals surface area contributed by atoms with Gasteiger partial charge in [-0.3, -0.25) is 37.3 Å². The normalized spacial score (nSPS) is 14.2. The van der Waals surface area contributed by atoms with E-state index in [1.165, 1.54) is 225 Å². The molecule has 576 valence electrons. The van der Waals surface area contributed by atoms with Gasteiger partial charge in [-0.15, -0.1) is 0 Å². The van der Waals surface area contributed by atoms with Gasteiger partial charge in [-0.25, -0.2) is 9.13 Å². The van der Waals surface area contributed by atoms with Crippen LogP contribution in [0.15, 0.2) is 0 Å². The smallest absolute Gasteiger partial charge is 0.462 e. The maximum Gasteiger partial charge on any atom is 0.472 e. The molecule has 0 aromatic carbocycles. The van der Waals surface area contributed by atoms with E-state index in [9.17, 15) is 43.2 Å². The third-order valence-electron chi connectivity index (χ3n) is 18.6. The van der Waals surface area contributed by atoms with E-state index in [-0.39, 0.29) is 25.7 Å². The molecular formula is C78H152O17P2. The van der Waals surface area contributed by atoms with Gasteiger partial charge >= 0.3 is 39.5 Å². The second-order valence-corrected chi connectivity index (χ2v) is 31.7. The molecule has 0 amide bonds. The summed E-state index contributed by atoms with van der Waals surface area (Å²) < 4.78 is 68.6. The fourth-order valence-corrected chi connectivity index (χ4v) is 13.6. The minimum absolute atomic E-state index is 0.106. The maximum absolute atomic E-state index is 13.1. The van der Waals surface area contributed by atoms with Crippen molar-refractivity contribution in [2.75, 3.05) is 39.6 Å². The van der Waals surface area contributed by atoms with Crippen molar-refractivity contribution in [1.29, 1.82) is 0 Å². The summed E-state index contributed by atoms with van der Waals surface area (Å²) in [5.74, 6) is -0.554. The van der Waals surface area contributed by atoms with E-state index in [1.807, 2.05) is 0 Å². The first-order chi connectivity index (χ1) is 46.9. The molecule has 0 saturated heterocycles. The average molecular weight is 1420 g/mol. The summed E-state index contributed by atoms with van der Waals surface area (Å²) in [7, 11) is -9.91. The molecule has 0 aromatic rings. The average Bonchev–Trinajstić information content (AvgIpc) is 1.24. The summed E-state index contributed by atoms with van der Waals surface area (Å²) in [6, 6.07) is 0. The highest BCUT2D eigenvalue weighted by atomic mass is 31.2. The van der Waals surface area contributed by atoms with Crippen LogP contribution in [-0.4, -0.2) is 96.7 Å². The van der Waals surface area contributed by atoms with Crippen molar-refractivity contribution >= 4 is 39.5 Å².